The van der Waals surface area contributed by atoms with Crippen molar-refractivity contribution in [2.75, 3.05) is 51.7 Å². The van der Waals surface area contributed by atoms with Crippen LogP contribution in [-0.2, 0) is 6.54 Å². The minimum absolute atomic E-state index is 0.415. The Balaban J connectivity index is 1.51. The van der Waals surface area contributed by atoms with Crippen LogP contribution >= 0.6 is 0 Å². The fourth-order valence-corrected chi connectivity index (χ4v) is 3.53. The minimum atomic E-state index is 0.415. The molecule has 1 aliphatic rings. The molecule has 0 aliphatic carbocycles. The molecular formula is C23H34N6. The van der Waals surface area contributed by atoms with E-state index in [4.69, 9.17) is 0 Å². The highest BCUT2D eigenvalue weighted by Crippen LogP contribution is 2.16. The molecule has 2 N–H and O–H groups in total. The van der Waals surface area contributed by atoms with Crippen LogP contribution in [0, 0.1) is 6.92 Å². The lowest BCUT2D eigenvalue weighted by Crippen LogP contribution is -2.44. The third kappa shape index (κ3) is 6.19. The van der Waals surface area contributed by atoms with Crippen LogP contribution in [0.15, 0.2) is 47.6 Å². The molecule has 1 atom stereocenters. The second-order valence-electron chi connectivity index (χ2n) is 7.93. The summed E-state index contributed by atoms with van der Waals surface area (Å²) in [6.45, 7) is 10.2. The number of anilines is 1. The zero-order chi connectivity index (χ0) is 20.6. The predicted octanol–water partition coefficient (Wildman–Crippen LogP) is 2.61. The Bertz CT molecular complexity index is 811. The molecule has 1 aromatic carbocycles. The maximum Gasteiger partial charge on any atom is 0.191 e. The summed E-state index contributed by atoms with van der Waals surface area (Å²) in [5, 5.41) is 6.87. The molecule has 1 aromatic heterocycles. The van der Waals surface area contributed by atoms with Gasteiger partial charge in [-0.05, 0) is 43.1 Å². The number of piperazine rings is 1. The number of nitrogens with one attached hydrogen (secondary N) is 2. The molecule has 29 heavy (non-hydrogen) atoms. The first-order chi connectivity index (χ1) is 14.0. The number of pyridine rings is 1. The average Bonchev–Trinajstić information content (AvgIpc) is 2.74. The van der Waals surface area contributed by atoms with Gasteiger partial charge in [-0.1, -0.05) is 36.8 Å². The van der Waals surface area contributed by atoms with Crippen molar-refractivity contribution < 1.29 is 0 Å². The summed E-state index contributed by atoms with van der Waals surface area (Å²) in [7, 11) is 3.98. The van der Waals surface area contributed by atoms with Gasteiger partial charge in [0, 0.05) is 52.5 Å². The SMILES string of the molecule is CN=C(NCc1ccnc(N2CCN(C)CC2)c1)NCC(C)c1cccc(C)c1. The first-order valence-electron chi connectivity index (χ1n) is 10.4. The lowest BCUT2D eigenvalue weighted by molar-refractivity contribution is 0.312. The predicted molar refractivity (Wildman–Crippen MR) is 122 cm³/mol. The van der Waals surface area contributed by atoms with Gasteiger partial charge in [-0.3, -0.25) is 4.99 Å². The minimum Gasteiger partial charge on any atom is -0.356 e. The van der Waals surface area contributed by atoms with Crippen LogP contribution in [-0.4, -0.2) is 62.7 Å². The van der Waals surface area contributed by atoms with E-state index in [1.807, 2.05) is 13.2 Å². The van der Waals surface area contributed by atoms with E-state index < -0.39 is 0 Å². The van der Waals surface area contributed by atoms with E-state index in [9.17, 15) is 0 Å². The van der Waals surface area contributed by atoms with Crippen molar-refractivity contribution in [2.45, 2.75) is 26.3 Å². The fourth-order valence-electron chi connectivity index (χ4n) is 3.53. The number of benzene rings is 1. The Morgan fingerprint density at radius 3 is 2.66 bits per heavy atom. The fraction of sp³-hybridized carbons (Fsp3) is 0.478. The van der Waals surface area contributed by atoms with Crippen molar-refractivity contribution in [3.05, 3.63) is 59.3 Å². The van der Waals surface area contributed by atoms with Crippen molar-refractivity contribution >= 4 is 11.8 Å². The van der Waals surface area contributed by atoms with Gasteiger partial charge >= 0.3 is 0 Å². The lowest BCUT2D eigenvalue weighted by Gasteiger charge is -2.33. The van der Waals surface area contributed by atoms with Gasteiger partial charge in [0.05, 0.1) is 0 Å². The number of aromatic nitrogens is 1. The zero-order valence-corrected chi connectivity index (χ0v) is 18.2. The Labute approximate surface area is 175 Å². The van der Waals surface area contributed by atoms with E-state index in [-0.39, 0.29) is 0 Å². The van der Waals surface area contributed by atoms with E-state index in [1.54, 1.807) is 0 Å². The van der Waals surface area contributed by atoms with E-state index in [2.05, 4.69) is 87.7 Å². The molecule has 156 valence electrons. The Morgan fingerprint density at radius 1 is 1.14 bits per heavy atom. The number of guanidine groups is 1. The van der Waals surface area contributed by atoms with Gasteiger partial charge in [0.2, 0.25) is 0 Å². The zero-order valence-electron chi connectivity index (χ0n) is 18.2. The summed E-state index contributed by atoms with van der Waals surface area (Å²) in [6, 6.07) is 12.9. The number of hydrogen-bond donors (Lipinski definition) is 2. The van der Waals surface area contributed by atoms with Crippen LogP contribution in [0.4, 0.5) is 5.82 Å². The van der Waals surface area contributed by atoms with E-state index in [0.717, 1.165) is 51.0 Å². The molecule has 0 bridgehead atoms. The molecule has 6 heteroatoms. The average molecular weight is 395 g/mol. The van der Waals surface area contributed by atoms with E-state index >= 15 is 0 Å². The van der Waals surface area contributed by atoms with Gasteiger partial charge in [0.15, 0.2) is 5.96 Å². The third-order valence-electron chi connectivity index (χ3n) is 5.51. The maximum atomic E-state index is 4.57. The van der Waals surface area contributed by atoms with Crippen LogP contribution in [0.3, 0.4) is 0 Å². The molecule has 0 amide bonds. The number of nitrogens with zero attached hydrogens (tertiary/aromatic N) is 4. The van der Waals surface area contributed by atoms with E-state index in [1.165, 1.54) is 16.7 Å². The number of aliphatic imine (C=N–C) groups is 1. The third-order valence-corrected chi connectivity index (χ3v) is 5.51. The van der Waals surface area contributed by atoms with Crippen LogP contribution < -0.4 is 15.5 Å². The van der Waals surface area contributed by atoms with Gasteiger partial charge in [-0.25, -0.2) is 4.98 Å². The highest BCUT2D eigenvalue weighted by atomic mass is 15.3. The van der Waals surface area contributed by atoms with Crippen molar-refractivity contribution in [2.24, 2.45) is 4.99 Å². The molecule has 1 saturated heterocycles. The van der Waals surface area contributed by atoms with Crippen LogP contribution in [0.1, 0.15) is 29.5 Å². The smallest absolute Gasteiger partial charge is 0.191 e. The Morgan fingerprint density at radius 2 is 1.93 bits per heavy atom. The molecule has 0 spiro atoms. The number of likely N-dealkylation sites (N-methyl/N-ethyl adjacent to an activating group) is 1. The van der Waals surface area contributed by atoms with Crippen molar-refractivity contribution in [1.29, 1.82) is 0 Å². The van der Waals surface area contributed by atoms with Gasteiger partial charge < -0.3 is 20.4 Å². The molecule has 3 rings (SSSR count). The first kappa shape index (κ1) is 21.1. The summed E-state index contributed by atoms with van der Waals surface area (Å²) in [5.74, 6) is 2.30. The molecule has 1 fully saturated rings. The van der Waals surface area contributed by atoms with Crippen molar-refractivity contribution in [3.8, 4) is 0 Å². The molecular weight excluding hydrogens is 360 g/mol. The number of hydrogen-bond acceptors (Lipinski definition) is 4. The van der Waals surface area contributed by atoms with Crippen molar-refractivity contribution in [3.63, 3.8) is 0 Å². The Hall–Kier alpha value is -2.60. The Kier molecular flexibility index (Phi) is 7.47. The largest absolute Gasteiger partial charge is 0.356 e. The quantitative estimate of drug-likeness (QED) is 0.583. The molecule has 0 saturated carbocycles. The molecule has 1 unspecified atom stereocenters. The molecule has 0 radical (unpaired) electrons. The van der Waals surface area contributed by atoms with Crippen LogP contribution in [0.5, 0.6) is 0 Å². The monoisotopic (exact) mass is 394 g/mol. The van der Waals surface area contributed by atoms with Gasteiger partial charge in [0.25, 0.3) is 0 Å². The van der Waals surface area contributed by atoms with Crippen LogP contribution in [0.2, 0.25) is 0 Å². The highest BCUT2D eigenvalue weighted by Gasteiger charge is 2.15. The molecule has 2 aromatic rings. The normalized spacial score (nSPS) is 16.6. The summed E-state index contributed by atoms with van der Waals surface area (Å²) in [5.41, 5.74) is 3.85. The lowest BCUT2D eigenvalue weighted by atomic mass is 9.99. The summed E-state index contributed by atoms with van der Waals surface area (Å²) in [6.07, 6.45) is 1.90. The first-order valence-corrected chi connectivity index (χ1v) is 10.4. The van der Waals surface area contributed by atoms with Gasteiger partial charge in [-0.2, -0.15) is 0 Å². The summed E-state index contributed by atoms with van der Waals surface area (Å²) in [4.78, 5) is 13.7. The maximum absolute atomic E-state index is 4.57. The number of aryl methyl sites for hydroxylation is 1. The summed E-state index contributed by atoms with van der Waals surface area (Å²) >= 11 is 0. The van der Waals surface area contributed by atoms with Gasteiger partial charge in [0.1, 0.15) is 5.82 Å². The summed E-state index contributed by atoms with van der Waals surface area (Å²) < 4.78 is 0. The van der Waals surface area contributed by atoms with Crippen molar-refractivity contribution in [1.82, 2.24) is 20.5 Å². The molecule has 2 heterocycles. The molecule has 6 nitrogen and oxygen atoms in total. The molecule has 1 aliphatic heterocycles. The second kappa shape index (κ2) is 10.3. The standard InChI is InChI=1S/C23H34N6/c1-18-6-5-7-21(14-18)19(2)16-26-23(24-3)27-17-20-8-9-25-22(15-20)29-12-10-28(4)11-13-29/h5-9,14-15,19H,10-13,16-17H2,1-4H3,(H2,24,26,27). The van der Waals surface area contributed by atoms with Crippen LogP contribution in [0.25, 0.3) is 0 Å². The van der Waals surface area contributed by atoms with E-state index in [0.29, 0.717) is 5.92 Å². The van der Waals surface area contributed by atoms with Gasteiger partial charge in [-0.15, -0.1) is 0 Å². The highest BCUT2D eigenvalue weighted by molar-refractivity contribution is 5.79. The second-order valence-corrected chi connectivity index (χ2v) is 7.93. The number of rotatable bonds is 6. The topological polar surface area (TPSA) is 55.8 Å².